The van der Waals surface area contributed by atoms with Crippen LogP contribution in [0.2, 0.25) is 0 Å². The summed E-state index contributed by atoms with van der Waals surface area (Å²) in [6, 6.07) is 0. The van der Waals surface area contributed by atoms with E-state index in [1.165, 1.54) is 29.8 Å². The number of nitrogens with zero attached hydrogens (tertiary/aromatic N) is 2. The number of carbonyl (C=O) groups excluding carboxylic acids is 1. The molecule has 1 aromatic heterocycles. The van der Waals surface area contributed by atoms with Gasteiger partial charge in [-0.2, -0.15) is 0 Å². The van der Waals surface area contributed by atoms with Crippen molar-refractivity contribution < 1.29 is 4.79 Å². The van der Waals surface area contributed by atoms with Gasteiger partial charge in [-0.1, -0.05) is 6.92 Å². The number of fused-ring (bicyclic) bond motifs is 4. The largest absolute Gasteiger partial charge is 0.356 e. The highest BCUT2D eigenvalue weighted by molar-refractivity contribution is 7.18. The molecule has 0 spiro atoms. The number of carbonyl (C=O) groups is 1. The van der Waals surface area contributed by atoms with Crippen molar-refractivity contribution in [1.82, 2.24) is 4.90 Å². The van der Waals surface area contributed by atoms with Crippen molar-refractivity contribution in [1.29, 1.82) is 0 Å². The Morgan fingerprint density at radius 2 is 2.10 bits per heavy atom. The molecule has 1 aromatic rings. The molecule has 0 aromatic carbocycles. The van der Waals surface area contributed by atoms with Crippen LogP contribution in [-0.4, -0.2) is 23.1 Å². The van der Waals surface area contributed by atoms with Crippen LogP contribution in [0.5, 0.6) is 0 Å². The molecule has 3 nitrogen and oxygen atoms in total. The normalized spacial score (nSPS) is 25.4. The molecule has 3 heterocycles. The van der Waals surface area contributed by atoms with Crippen molar-refractivity contribution >= 4 is 28.0 Å². The Morgan fingerprint density at radius 3 is 3.00 bits per heavy atom. The van der Waals surface area contributed by atoms with Gasteiger partial charge in [-0.15, -0.1) is 11.3 Å². The lowest BCUT2D eigenvalue weighted by Gasteiger charge is -2.28. The van der Waals surface area contributed by atoms with E-state index in [1.807, 2.05) is 0 Å². The Labute approximate surface area is 123 Å². The molecule has 4 heteroatoms. The summed E-state index contributed by atoms with van der Waals surface area (Å²) in [5, 5.41) is 1.13. The molecule has 0 amide bonds. The van der Waals surface area contributed by atoms with E-state index in [0.29, 0.717) is 5.78 Å². The molecule has 106 valence electrons. The minimum Gasteiger partial charge on any atom is -0.356 e. The Kier molecular flexibility index (Phi) is 2.95. The number of aliphatic imine (C=N–C) groups is 1. The molecule has 1 aliphatic carbocycles. The third-order valence-corrected chi connectivity index (χ3v) is 6.09. The molecule has 0 saturated carbocycles. The Morgan fingerprint density at radius 1 is 1.20 bits per heavy atom. The highest BCUT2D eigenvalue weighted by atomic mass is 32.1. The van der Waals surface area contributed by atoms with E-state index in [-0.39, 0.29) is 0 Å². The zero-order valence-electron chi connectivity index (χ0n) is 11.9. The minimum absolute atomic E-state index is 0.342. The van der Waals surface area contributed by atoms with E-state index >= 15 is 0 Å². The first-order valence-corrected chi connectivity index (χ1v) is 8.54. The lowest BCUT2D eigenvalue weighted by Crippen LogP contribution is -2.32. The molecular formula is C16H20N2OS. The van der Waals surface area contributed by atoms with Gasteiger partial charge in [-0.05, 0) is 37.2 Å². The van der Waals surface area contributed by atoms with Crippen molar-refractivity contribution in [3.63, 3.8) is 0 Å². The van der Waals surface area contributed by atoms with Gasteiger partial charge in [0.1, 0.15) is 10.8 Å². The summed E-state index contributed by atoms with van der Waals surface area (Å²) in [6.07, 6.45) is 6.42. The molecule has 20 heavy (non-hydrogen) atoms. The quantitative estimate of drug-likeness (QED) is 0.724. The second-order valence-electron chi connectivity index (χ2n) is 6.35. The SMILES string of the molecule is CC1CCC2=Nc3sc4c(c3CN2CC1)CCCC4=O. The van der Waals surface area contributed by atoms with Crippen molar-refractivity contribution in [2.24, 2.45) is 10.9 Å². The standard InChI is InChI=1S/C16H20N2OS/c1-10-5-6-14-17-16-12(9-18(14)8-7-10)11-3-2-4-13(19)15(11)20-16/h10H,2-9H2,1H3. The maximum atomic E-state index is 12.1. The van der Waals surface area contributed by atoms with Crippen molar-refractivity contribution in [2.45, 2.75) is 52.0 Å². The molecule has 2 aliphatic heterocycles. The molecule has 1 unspecified atom stereocenters. The highest BCUT2D eigenvalue weighted by Crippen LogP contribution is 2.43. The molecule has 4 rings (SSSR count). The molecule has 3 aliphatic rings. The first-order valence-electron chi connectivity index (χ1n) is 7.72. The monoisotopic (exact) mass is 288 g/mol. The Balaban J connectivity index is 1.75. The van der Waals surface area contributed by atoms with Gasteiger partial charge in [-0.25, -0.2) is 4.99 Å². The first-order chi connectivity index (χ1) is 9.72. The van der Waals surface area contributed by atoms with Crippen molar-refractivity contribution in [3.8, 4) is 0 Å². The summed E-state index contributed by atoms with van der Waals surface area (Å²) in [6.45, 7) is 4.45. The highest BCUT2D eigenvalue weighted by Gasteiger charge is 2.31. The summed E-state index contributed by atoms with van der Waals surface area (Å²) in [5.41, 5.74) is 2.68. The third kappa shape index (κ3) is 1.93. The third-order valence-electron chi connectivity index (χ3n) is 4.88. The van der Waals surface area contributed by atoms with Gasteiger partial charge < -0.3 is 4.90 Å². The van der Waals surface area contributed by atoms with E-state index in [1.54, 1.807) is 11.3 Å². The molecule has 1 fully saturated rings. The zero-order chi connectivity index (χ0) is 13.7. The number of rotatable bonds is 0. The predicted octanol–water partition coefficient (Wildman–Crippen LogP) is 3.93. The van der Waals surface area contributed by atoms with Gasteiger partial charge in [0.15, 0.2) is 5.78 Å². The van der Waals surface area contributed by atoms with E-state index < -0.39 is 0 Å². The topological polar surface area (TPSA) is 32.7 Å². The average molecular weight is 288 g/mol. The first kappa shape index (κ1) is 12.6. The van der Waals surface area contributed by atoms with Crippen LogP contribution in [0.4, 0.5) is 5.00 Å². The summed E-state index contributed by atoms with van der Waals surface area (Å²) in [4.78, 5) is 20.4. The summed E-state index contributed by atoms with van der Waals surface area (Å²) in [5.74, 6) is 2.40. The number of thiophene rings is 1. The fourth-order valence-electron chi connectivity index (χ4n) is 3.56. The van der Waals surface area contributed by atoms with E-state index in [4.69, 9.17) is 4.99 Å². The molecule has 0 bridgehead atoms. The number of amidine groups is 1. The smallest absolute Gasteiger partial charge is 0.173 e. The van der Waals surface area contributed by atoms with Gasteiger partial charge in [0, 0.05) is 31.5 Å². The predicted molar refractivity (Wildman–Crippen MR) is 82.1 cm³/mol. The fraction of sp³-hybridized carbons (Fsp3) is 0.625. The van der Waals surface area contributed by atoms with Crippen LogP contribution in [0.3, 0.4) is 0 Å². The number of ketones is 1. The second-order valence-corrected chi connectivity index (χ2v) is 7.35. The fourth-order valence-corrected chi connectivity index (χ4v) is 4.78. The lowest BCUT2D eigenvalue weighted by atomic mass is 9.94. The lowest BCUT2D eigenvalue weighted by molar-refractivity contribution is 0.0976. The van der Waals surface area contributed by atoms with Gasteiger partial charge in [0.05, 0.1) is 4.88 Å². The van der Waals surface area contributed by atoms with Crippen molar-refractivity contribution in [2.75, 3.05) is 6.54 Å². The number of hydrogen-bond donors (Lipinski definition) is 0. The molecule has 0 N–H and O–H groups in total. The van der Waals surface area contributed by atoms with Crippen LogP contribution < -0.4 is 0 Å². The number of Topliss-reactive ketones (excluding diaryl/α,β-unsaturated/α-hetero) is 1. The van der Waals surface area contributed by atoms with E-state index in [0.717, 1.165) is 54.6 Å². The van der Waals surface area contributed by atoms with Gasteiger partial charge in [0.25, 0.3) is 0 Å². The van der Waals surface area contributed by atoms with E-state index in [9.17, 15) is 4.79 Å². The minimum atomic E-state index is 0.342. The maximum Gasteiger partial charge on any atom is 0.173 e. The van der Waals surface area contributed by atoms with E-state index in [2.05, 4.69) is 11.8 Å². The van der Waals surface area contributed by atoms with Gasteiger partial charge >= 0.3 is 0 Å². The van der Waals surface area contributed by atoms with Crippen LogP contribution in [0.15, 0.2) is 4.99 Å². The Bertz CT molecular complexity index is 602. The average Bonchev–Trinajstić information content (AvgIpc) is 2.71. The Hall–Kier alpha value is -1.16. The maximum absolute atomic E-state index is 12.1. The molecular weight excluding hydrogens is 268 g/mol. The summed E-state index contributed by atoms with van der Waals surface area (Å²) >= 11 is 1.65. The summed E-state index contributed by atoms with van der Waals surface area (Å²) < 4.78 is 0. The van der Waals surface area contributed by atoms with Crippen molar-refractivity contribution in [3.05, 3.63) is 16.0 Å². The molecule has 1 saturated heterocycles. The van der Waals surface area contributed by atoms with Crippen LogP contribution in [-0.2, 0) is 13.0 Å². The summed E-state index contributed by atoms with van der Waals surface area (Å²) in [7, 11) is 0. The number of hydrogen-bond acceptors (Lipinski definition) is 4. The zero-order valence-corrected chi connectivity index (χ0v) is 12.8. The second kappa shape index (κ2) is 4.69. The van der Waals surface area contributed by atoms with Gasteiger partial charge in [-0.3, -0.25) is 4.79 Å². The van der Waals surface area contributed by atoms with Crippen LogP contribution in [0.25, 0.3) is 0 Å². The van der Waals surface area contributed by atoms with Crippen LogP contribution >= 0.6 is 11.3 Å². The molecule has 1 atom stereocenters. The van der Waals surface area contributed by atoms with Crippen LogP contribution in [0, 0.1) is 5.92 Å². The molecule has 0 radical (unpaired) electrons. The van der Waals surface area contributed by atoms with Gasteiger partial charge in [0.2, 0.25) is 0 Å². The van der Waals surface area contributed by atoms with Crippen LogP contribution in [0.1, 0.15) is 59.8 Å².